The third kappa shape index (κ3) is 5.17. The molecule has 0 unspecified atom stereocenters. The van der Waals surface area contributed by atoms with E-state index in [1.807, 2.05) is 6.07 Å². The third-order valence-corrected chi connectivity index (χ3v) is 5.30. The van der Waals surface area contributed by atoms with E-state index in [1.165, 1.54) is 10.6 Å². The summed E-state index contributed by atoms with van der Waals surface area (Å²) >= 11 is 0. The van der Waals surface area contributed by atoms with Crippen LogP contribution in [0.2, 0.25) is 0 Å². The molecule has 1 aromatic rings. The molecule has 24 heavy (non-hydrogen) atoms. The lowest BCUT2D eigenvalue weighted by Crippen LogP contribution is -2.63. The molecular formula is C16H26N4O3S. The summed E-state index contributed by atoms with van der Waals surface area (Å²) in [4.78, 5) is 17.8. The minimum Gasteiger partial charge on any atom is -0.338 e. The molecular weight excluding hydrogens is 328 g/mol. The van der Waals surface area contributed by atoms with E-state index in [0.29, 0.717) is 31.2 Å². The topological polar surface area (TPSA) is 82.6 Å². The summed E-state index contributed by atoms with van der Waals surface area (Å²) in [6.07, 6.45) is 3.77. The second kappa shape index (κ2) is 7.94. The molecule has 0 aliphatic carbocycles. The number of hydrogen-bond acceptors (Lipinski definition) is 4. The van der Waals surface area contributed by atoms with Gasteiger partial charge in [0.25, 0.3) is 0 Å². The SMILES string of the molecule is CC(C)CCNC(=O)N1CC(N(Cc2ccccn2)S(C)(=O)=O)C1. The zero-order chi connectivity index (χ0) is 17.7. The van der Waals surface area contributed by atoms with Crippen molar-refractivity contribution >= 4 is 16.1 Å². The van der Waals surface area contributed by atoms with Crippen molar-refractivity contribution in [2.75, 3.05) is 25.9 Å². The maximum absolute atomic E-state index is 12.1. The minimum atomic E-state index is -3.37. The monoisotopic (exact) mass is 354 g/mol. The zero-order valence-electron chi connectivity index (χ0n) is 14.5. The molecule has 1 fully saturated rings. The molecule has 0 spiro atoms. The molecule has 0 aromatic carbocycles. The summed E-state index contributed by atoms with van der Waals surface area (Å²) in [5, 5.41) is 2.87. The van der Waals surface area contributed by atoms with Crippen molar-refractivity contribution in [1.29, 1.82) is 0 Å². The third-order valence-electron chi connectivity index (χ3n) is 4.02. The second-order valence-corrected chi connectivity index (χ2v) is 8.54. The molecule has 0 radical (unpaired) electrons. The number of nitrogens with one attached hydrogen (secondary N) is 1. The first-order chi connectivity index (χ1) is 11.3. The number of carbonyl (C=O) groups is 1. The van der Waals surface area contributed by atoms with Crippen LogP contribution in [0, 0.1) is 5.92 Å². The summed E-state index contributed by atoms with van der Waals surface area (Å²) in [5.41, 5.74) is 0.697. The number of aromatic nitrogens is 1. The summed E-state index contributed by atoms with van der Waals surface area (Å²) < 4.78 is 25.6. The van der Waals surface area contributed by atoms with Crippen LogP contribution < -0.4 is 5.32 Å². The molecule has 0 bridgehead atoms. The Labute approximate surface area is 144 Å². The lowest BCUT2D eigenvalue weighted by atomic mass is 10.1. The Morgan fingerprint density at radius 1 is 1.42 bits per heavy atom. The average molecular weight is 354 g/mol. The molecule has 1 aromatic heterocycles. The number of likely N-dealkylation sites (tertiary alicyclic amines) is 1. The van der Waals surface area contributed by atoms with Gasteiger partial charge < -0.3 is 10.2 Å². The lowest BCUT2D eigenvalue weighted by molar-refractivity contribution is 0.0979. The van der Waals surface area contributed by atoms with Gasteiger partial charge in [0, 0.05) is 25.8 Å². The molecule has 8 heteroatoms. The molecule has 134 valence electrons. The van der Waals surface area contributed by atoms with E-state index in [2.05, 4.69) is 24.1 Å². The van der Waals surface area contributed by atoms with E-state index in [9.17, 15) is 13.2 Å². The van der Waals surface area contributed by atoms with Gasteiger partial charge in [0.1, 0.15) is 0 Å². The van der Waals surface area contributed by atoms with Crippen LogP contribution in [0.25, 0.3) is 0 Å². The summed E-state index contributed by atoms with van der Waals surface area (Å²) in [6, 6.07) is 5.10. The lowest BCUT2D eigenvalue weighted by Gasteiger charge is -2.44. The van der Waals surface area contributed by atoms with Crippen molar-refractivity contribution < 1.29 is 13.2 Å². The molecule has 0 atom stereocenters. The molecule has 2 heterocycles. The maximum atomic E-state index is 12.1. The predicted molar refractivity (Wildman–Crippen MR) is 92.8 cm³/mol. The van der Waals surface area contributed by atoms with Crippen molar-refractivity contribution in [1.82, 2.24) is 19.5 Å². The fraction of sp³-hybridized carbons (Fsp3) is 0.625. The van der Waals surface area contributed by atoms with Crippen LogP contribution in [0.1, 0.15) is 26.0 Å². The van der Waals surface area contributed by atoms with E-state index in [1.54, 1.807) is 23.2 Å². The van der Waals surface area contributed by atoms with Gasteiger partial charge in [0.2, 0.25) is 10.0 Å². The highest BCUT2D eigenvalue weighted by atomic mass is 32.2. The smallest absolute Gasteiger partial charge is 0.317 e. The van der Waals surface area contributed by atoms with Crippen LogP contribution in [0.3, 0.4) is 0 Å². The van der Waals surface area contributed by atoms with E-state index in [4.69, 9.17) is 0 Å². The van der Waals surface area contributed by atoms with Gasteiger partial charge in [0.05, 0.1) is 24.5 Å². The molecule has 0 saturated carbocycles. The van der Waals surface area contributed by atoms with E-state index in [0.717, 1.165) is 6.42 Å². The van der Waals surface area contributed by atoms with Gasteiger partial charge in [-0.1, -0.05) is 19.9 Å². The Balaban J connectivity index is 1.89. The first-order valence-electron chi connectivity index (χ1n) is 8.17. The van der Waals surface area contributed by atoms with E-state index < -0.39 is 10.0 Å². The molecule has 1 saturated heterocycles. The van der Waals surface area contributed by atoms with Crippen molar-refractivity contribution in [3.63, 3.8) is 0 Å². The molecule has 1 N–H and O–H groups in total. The number of rotatable bonds is 7. The van der Waals surface area contributed by atoms with Crippen LogP contribution in [-0.4, -0.2) is 60.6 Å². The Kier molecular flexibility index (Phi) is 6.17. The highest BCUT2D eigenvalue weighted by Crippen LogP contribution is 2.20. The van der Waals surface area contributed by atoms with Crippen LogP contribution >= 0.6 is 0 Å². The van der Waals surface area contributed by atoms with Crippen molar-refractivity contribution in [3.05, 3.63) is 30.1 Å². The molecule has 2 rings (SSSR count). The quantitative estimate of drug-likeness (QED) is 0.800. The first-order valence-corrected chi connectivity index (χ1v) is 10.0. The summed E-state index contributed by atoms with van der Waals surface area (Å²) in [7, 11) is -3.37. The second-order valence-electron chi connectivity index (χ2n) is 6.60. The van der Waals surface area contributed by atoms with Crippen LogP contribution in [0.15, 0.2) is 24.4 Å². The van der Waals surface area contributed by atoms with Gasteiger partial charge in [-0.3, -0.25) is 4.98 Å². The highest BCUT2D eigenvalue weighted by Gasteiger charge is 2.38. The van der Waals surface area contributed by atoms with E-state index in [-0.39, 0.29) is 18.6 Å². The number of carbonyl (C=O) groups excluding carboxylic acids is 1. The highest BCUT2D eigenvalue weighted by molar-refractivity contribution is 7.88. The van der Waals surface area contributed by atoms with Crippen LogP contribution in [0.4, 0.5) is 4.79 Å². The van der Waals surface area contributed by atoms with E-state index >= 15 is 0 Å². The Morgan fingerprint density at radius 3 is 2.67 bits per heavy atom. The van der Waals surface area contributed by atoms with Crippen molar-refractivity contribution in [2.45, 2.75) is 32.9 Å². The fourth-order valence-corrected chi connectivity index (χ4v) is 3.59. The van der Waals surface area contributed by atoms with Crippen LogP contribution in [0.5, 0.6) is 0 Å². The standard InChI is InChI=1S/C16H26N4O3S/c1-13(2)7-9-18-16(21)19-11-15(12-19)20(24(3,22)23)10-14-6-4-5-8-17-14/h4-6,8,13,15H,7,9-12H2,1-3H3,(H,18,21). The number of nitrogens with zero attached hydrogens (tertiary/aromatic N) is 3. The van der Waals surface area contributed by atoms with Gasteiger partial charge in [-0.2, -0.15) is 4.31 Å². The average Bonchev–Trinajstić information content (AvgIpc) is 2.44. The van der Waals surface area contributed by atoms with Gasteiger partial charge in [-0.25, -0.2) is 13.2 Å². The summed E-state index contributed by atoms with van der Waals surface area (Å²) in [6.45, 7) is 5.90. The van der Waals surface area contributed by atoms with Crippen molar-refractivity contribution in [2.24, 2.45) is 5.92 Å². The Morgan fingerprint density at radius 2 is 2.12 bits per heavy atom. The van der Waals surface area contributed by atoms with Gasteiger partial charge in [-0.15, -0.1) is 0 Å². The maximum Gasteiger partial charge on any atom is 0.317 e. The molecule has 1 aliphatic heterocycles. The number of urea groups is 1. The predicted octanol–water partition coefficient (Wildman–Crippen LogP) is 1.28. The minimum absolute atomic E-state index is 0.127. The van der Waals surface area contributed by atoms with Gasteiger partial charge >= 0.3 is 6.03 Å². The number of amides is 2. The molecule has 1 aliphatic rings. The Bertz CT molecular complexity index is 643. The number of pyridine rings is 1. The first kappa shape index (κ1) is 18.7. The van der Waals surface area contributed by atoms with Gasteiger partial charge in [0.15, 0.2) is 0 Å². The Hall–Kier alpha value is -1.67. The number of hydrogen-bond donors (Lipinski definition) is 1. The normalized spacial score (nSPS) is 15.6. The molecule has 7 nitrogen and oxygen atoms in total. The van der Waals surface area contributed by atoms with Gasteiger partial charge in [-0.05, 0) is 24.5 Å². The zero-order valence-corrected chi connectivity index (χ0v) is 15.3. The largest absolute Gasteiger partial charge is 0.338 e. The molecule has 2 amide bonds. The number of sulfonamides is 1. The summed E-state index contributed by atoms with van der Waals surface area (Å²) in [5.74, 6) is 0.536. The van der Waals surface area contributed by atoms with Crippen LogP contribution in [-0.2, 0) is 16.6 Å². The van der Waals surface area contributed by atoms with Crippen molar-refractivity contribution in [3.8, 4) is 0 Å². The fourth-order valence-electron chi connectivity index (χ4n) is 2.55.